The lowest BCUT2D eigenvalue weighted by molar-refractivity contribution is -0.126. The molecule has 1 aliphatic heterocycles. The van der Waals surface area contributed by atoms with Gasteiger partial charge in [-0.15, -0.1) is 0 Å². The zero-order valence-corrected chi connectivity index (χ0v) is 12.7. The highest BCUT2D eigenvalue weighted by Gasteiger charge is 2.27. The highest BCUT2D eigenvalue weighted by molar-refractivity contribution is 5.94. The van der Waals surface area contributed by atoms with E-state index in [0.29, 0.717) is 44.6 Å². The molecule has 0 radical (unpaired) electrons. The van der Waals surface area contributed by atoms with E-state index in [-0.39, 0.29) is 17.7 Å². The number of rotatable bonds is 5. The number of carbonyl (C=O) groups excluding carboxylic acids is 2. The summed E-state index contributed by atoms with van der Waals surface area (Å²) in [6.07, 6.45) is 1.25. The van der Waals surface area contributed by atoms with Crippen LogP contribution in [0.3, 0.4) is 0 Å². The van der Waals surface area contributed by atoms with E-state index in [0.717, 1.165) is 0 Å². The van der Waals surface area contributed by atoms with Crippen LogP contribution in [-0.4, -0.2) is 50.1 Å². The first-order valence-electron chi connectivity index (χ1n) is 7.43. The van der Waals surface area contributed by atoms with Crippen molar-refractivity contribution in [3.8, 4) is 0 Å². The van der Waals surface area contributed by atoms with Gasteiger partial charge in [0.15, 0.2) is 0 Å². The predicted octanol–water partition coefficient (Wildman–Crippen LogP) is 1.44. The molecule has 2 rings (SSSR count). The Morgan fingerprint density at radius 1 is 1.36 bits per heavy atom. The minimum Gasteiger partial charge on any atom is -0.383 e. The van der Waals surface area contributed by atoms with Crippen molar-refractivity contribution in [1.29, 1.82) is 0 Å². The SMILES string of the molecule is COCCNC(=O)C1CCN(C(=O)c2cccc(F)c2)CC1. The van der Waals surface area contributed by atoms with E-state index >= 15 is 0 Å². The Labute approximate surface area is 129 Å². The average molecular weight is 308 g/mol. The van der Waals surface area contributed by atoms with E-state index in [1.807, 2.05) is 0 Å². The third-order valence-electron chi connectivity index (χ3n) is 3.83. The second-order valence-electron chi connectivity index (χ2n) is 5.36. The quantitative estimate of drug-likeness (QED) is 0.838. The van der Waals surface area contributed by atoms with Crippen LogP contribution < -0.4 is 5.32 Å². The standard InChI is InChI=1S/C16H21FN2O3/c1-22-10-7-18-15(20)12-5-8-19(9-6-12)16(21)13-3-2-4-14(17)11-13/h2-4,11-12H,5-10H2,1H3,(H,18,20). The summed E-state index contributed by atoms with van der Waals surface area (Å²) in [5.41, 5.74) is 0.350. The molecule has 0 saturated carbocycles. The van der Waals surface area contributed by atoms with Crippen molar-refractivity contribution in [2.45, 2.75) is 12.8 Å². The van der Waals surface area contributed by atoms with Gasteiger partial charge < -0.3 is 15.0 Å². The van der Waals surface area contributed by atoms with Gasteiger partial charge in [0.25, 0.3) is 5.91 Å². The number of halogens is 1. The number of hydrogen-bond donors (Lipinski definition) is 1. The number of carbonyl (C=O) groups is 2. The molecule has 0 aliphatic carbocycles. The van der Waals surface area contributed by atoms with Crippen LogP contribution in [0.5, 0.6) is 0 Å². The third-order valence-corrected chi connectivity index (χ3v) is 3.83. The molecule has 0 spiro atoms. The van der Waals surface area contributed by atoms with E-state index in [1.165, 1.54) is 18.2 Å². The number of amides is 2. The summed E-state index contributed by atoms with van der Waals surface area (Å²) in [7, 11) is 1.59. The highest BCUT2D eigenvalue weighted by atomic mass is 19.1. The number of hydrogen-bond acceptors (Lipinski definition) is 3. The van der Waals surface area contributed by atoms with Gasteiger partial charge in [-0.3, -0.25) is 9.59 Å². The monoisotopic (exact) mass is 308 g/mol. The van der Waals surface area contributed by atoms with Crippen LogP contribution in [0, 0.1) is 11.7 Å². The average Bonchev–Trinajstić information content (AvgIpc) is 2.54. The molecule has 0 unspecified atom stereocenters. The molecule has 1 aromatic carbocycles. The largest absolute Gasteiger partial charge is 0.383 e. The molecule has 6 heteroatoms. The third kappa shape index (κ3) is 4.27. The molecule has 5 nitrogen and oxygen atoms in total. The Hall–Kier alpha value is -1.95. The molecule has 22 heavy (non-hydrogen) atoms. The number of likely N-dealkylation sites (tertiary alicyclic amines) is 1. The molecule has 1 fully saturated rings. The number of benzene rings is 1. The maximum atomic E-state index is 13.2. The van der Waals surface area contributed by atoms with Gasteiger partial charge in [-0.1, -0.05) is 6.07 Å². The predicted molar refractivity (Wildman–Crippen MR) is 79.9 cm³/mol. The number of ether oxygens (including phenoxy) is 1. The van der Waals surface area contributed by atoms with Gasteiger partial charge >= 0.3 is 0 Å². The first-order chi connectivity index (χ1) is 10.6. The van der Waals surface area contributed by atoms with Crippen LogP contribution in [0.15, 0.2) is 24.3 Å². The van der Waals surface area contributed by atoms with Gasteiger partial charge in [0.2, 0.25) is 5.91 Å². The fraction of sp³-hybridized carbons (Fsp3) is 0.500. The first kappa shape index (κ1) is 16.4. The van der Waals surface area contributed by atoms with Gasteiger partial charge in [0.05, 0.1) is 6.61 Å². The molecule has 1 N–H and O–H groups in total. The van der Waals surface area contributed by atoms with Crippen LogP contribution in [0.25, 0.3) is 0 Å². The molecule has 0 bridgehead atoms. The summed E-state index contributed by atoms with van der Waals surface area (Å²) in [5, 5.41) is 2.82. The molecular formula is C16H21FN2O3. The molecule has 1 aromatic rings. The van der Waals surface area contributed by atoms with Crippen LogP contribution >= 0.6 is 0 Å². The first-order valence-corrected chi connectivity index (χ1v) is 7.43. The molecule has 1 saturated heterocycles. The Morgan fingerprint density at radius 3 is 2.73 bits per heavy atom. The lowest BCUT2D eigenvalue weighted by Crippen LogP contribution is -2.43. The van der Waals surface area contributed by atoms with Crippen molar-refractivity contribution in [2.24, 2.45) is 5.92 Å². The molecule has 1 heterocycles. The van der Waals surface area contributed by atoms with Crippen LogP contribution in [0.1, 0.15) is 23.2 Å². The van der Waals surface area contributed by atoms with Crippen molar-refractivity contribution in [3.63, 3.8) is 0 Å². The van der Waals surface area contributed by atoms with Crippen molar-refractivity contribution in [3.05, 3.63) is 35.6 Å². The lowest BCUT2D eigenvalue weighted by Gasteiger charge is -2.31. The van der Waals surface area contributed by atoms with E-state index in [1.54, 1.807) is 18.1 Å². The molecular weight excluding hydrogens is 287 g/mol. The minimum atomic E-state index is -0.418. The molecule has 120 valence electrons. The highest BCUT2D eigenvalue weighted by Crippen LogP contribution is 2.19. The Balaban J connectivity index is 1.84. The maximum Gasteiger partial charge on any atom is 0.253 e. The molecule has 1 aliphatic rings. The second-order valence-corrected chi connectivity index (χ2v) is 5.36. The van der Waals surface area contributed by atoms with Gasteiger partial charge in [0, 0.05) is 38.2 Å². The Kier molecular flexibility index (Phi) is 5.89. The van der Waals surface area contributed by atoms with Crippen molar-refractivity contribution >= 4 is 11.8 Å². The smallest absolute Gasteiger partial charge is 0.253 e. The van der Waals surface area contributed by atoms with Gasteiger partial charge in [-0.25, -0.2) is 4.39 Å². The maximum absolute atomic E-state index is 13.2. The fourth-order valence-electron chi connectivity index (χ4n) is 2.57. The van der Waals surface area contributed by atoms with E-state index in [2.05, 4.69) is 5.32 Å². The molecule has 0 aromatic heterocycles. The van der Waals surface area contributed by atoms with Crippen LogP contribution in [0.4, 0.5) is 4.39 Å². The summed E-state index contributed by atoms with van der Waals surface area (Å²) >= 11 is 0. The van der Waals surface area contributed by atoms with Crippen molar-refractivity contribution in [1.82, 2.24) is 10.2 Å². The number of nitrogens with zero attached hydrogens (tertiary/aromatic N) is 1. The van der Waals surface area contributed by atoms with E-state index in [9.17, 15) is 14.0 Å². The normalized spacial score (nSPS) is 15.6. The van der Waals surface area contributed by atoms with E-state index in [4.69, 9.17) is 4.74 Å². The van der Waals surface area contributed by atoms with Gasteiger partial charge in [0.1, 0.15) is 5.82 Å². The van der Waals surface area contributed by atoms with Crippen LogP contribution in [-0.2, 0) is 9.53 Å². The topological polar surface area (TPSA) is 58.6 Å². The van der Waals surface area contributed by atoms with Gasteiger partial charge in [-0.2, -0.15) is 0 Å². The summed E-state index contributed by atoms with van der Waals surface area (Å²) in [6.45, 7) is 2.01. The number of piperidine rings is 1. The van der Waals surface area contributed by atoms with Crippen LogP contribution in [0.2, 0.25) is 0 Å². The number of methoxy groups -OCH3 is 1. The Bertz CT molecular complexity index is 528. The van der Waals surface area contributed by atoms with Crippen molar-refractivity contribution < 1.29 is 18.7 Å². The summed E-state index contributed by atoms with van der Waals surface area (Å²) < 4.78 is 18.1. The zero-order chi connectivity index (χ0) is 15.9. The zero-order valence-electron chi connectivity index (χ0n) is 12.7. The summed E-state index contributed by atoms with van der Waals surface area (Å²) in [4.78, 5) is 25.9. The molecule has 2 amide bonds. The lowest BCUT2D eigenvalue weighted by atomic mass is 9.95. The van der Waals surface area contributed by atoms with Gasteiger partial charge in [-0.05, 0) is 31.0 Å². The summed E-state index contributed by atoms with van der Waals surface area (Å²) in [6, 6.07) is 5.69. The minimum absolute atomic E-state index is 0.00917. The Morgan fingerprint density at radius 2 is 2.09 bits per heavy atom. The number of nitrogens with one attached hydrogen (secondary N) is 1. The summed E-state index contributed by atoms with van der Waals surface area (Å²) in [5.74, 6) is -0.667. The van der Waals surface area contributed by atoms with E-state index < -0.39 is 5.82 Å². The second kappa shape index (κ2) is 7.89. The van der Waals surface area contributed by atoms with Crippen molar-refractivity contribution in [2.75, 3.05) is 33.4 Å². The fourth-order valence-corrected chi connectivity index (χ4v) is 2.57. The molecule has 0 atom stereocenters.